The van der Waals surface area contributed by atoms with Crippen LogP contribution in [0.3, 0.4) is 0 Å². The van der Waals surface area contributed by atoms with Gasteiger partial charge >= 0.3 is 0 Å². The summed E-state index contributed by atoms with van der Waals surface area (Å²) in [6.45, 7) is 0.477. The quantitative estimate of drug-likeness (QED) is 0.662. The highest BCUT2D eigenvalue weighted by Crippen LogP contribution is 2.11. The van der Waals surface area contributed by atoms with E-state index in [0.717, 1.165) is 0 Å². The maximum atomic E-state index is 11.8. The lowest BCUT2D eigenvalue weighted by molar-refractivity contribution is 0.103. The molecule has 1 aliphatic rings. The summed E-state index contributed by atoms with van der Waals surface area (Å²) in [7, 11) is 0. The Morgan fingerprint density at radius 2 is 2.00 bits per heavy atom. The zero-order valence-electron chi connectivity index (χ0n) is 7.64. The van der Waals surface area contributed by atoms with Crippen LogP contribution >= 0.6 is 0 Å². The standard InChI is InChI=1S/C12H10O2/c13-12(10-4-2-1-3-5-10)11-6-8-14-9-7-11/h1-8H,9H2. The van der Waals surface area contributed by atoms with Gasteiger partial charge in [0.25, 0.3) is 0 Å². The summed E-state index contributed by atoms with van der Waals surface area (Å²) in [5, 5.41) is 0. The van der Waals surface area contributed by atoms with Gasteiger partial charge in [0.05, 0.1) is 6.26 Å². The third-order valence-electron chi connectivity index (χ3n) is 2.04. The van der Waals surface area contributed by atoms with Crippen LogP contribution in [-0.2, 0) is 4.74 Å². The van der Waals surface area contributed by atoms with E-state index in [1.165, 1.54) is 0 Å². The van der Waals surface area contributed by atoms with Gasteiger partial charge in [-0.1, -0.05) is 30.3 Å². The van der Waals surface area contributed by atoms with Crippen molar-refractivity contribution in [1.29, 1.82) is 0 Å². The lowest BCUT2D eigenvalue weighted by atomic mass is 10.0. The molecule has 0 atom stereocenters. The van der Waals surface area contributed by atoms with Crippen LogP contribution in [-0.4, -0.2) is 12.4 Å². The fraction of sp³-hybridized carbons (Fsp3) is 0.0833. The lowest BCUT2D eigenvalue weighted by Gasteiger charge is -2.06. The van der Waals surface area contributed by atoms with Gasteiger partial charge in [-0.05, 0) is 12.2 Å². The molecular formula is C12H10O2. The van der Waals surface area contributed by atoms with Crippen molar-refractivity contribution in [3.8, 4) is 0 Å². The summed E-state index contributed by atoms with van der Waals surface area (Å²) in [6.07, 6.45) is 5.03. The number of carbonyl (C=O) groups is 1. The van der Waals surface area contributed by atoms with E-state index in [4.69, 9.17) is 4.74 Å². The summed E-state index contributed by atoms with van der Waals surface area (Å²) in [5.74, 6) is 0.0464. The Morgan fingerprint density at radius 1 is 1.21 bits per heavy atom. The Balaban J connectivity index is 2.25. The topological polar surface area (TPSA) is 26.3 Å². The Labute approximate surface area is 82.5 Å². The molecule has 0 fully saturated rings. The van der Waals surface area contributed by atoms with Crippen molar-refractivity contribution in [2.45, 2.75) is 0 Å². The largest absolute Gasteiger partial charge is 0.497 e. The number of ether oxygens (including phenoxy) is 1. The summed E-state index contributed by atoms with van der Waals surface area (Å²) in [6, 6.07) is 9.23. The van der Waals surface area contributed by atoms with Crippen molar-refractivity contribution in [1.82, 2.24) is 0 Å². The molecule has 1 heterocycles. The molecular weight excluding hydrogens is 176 g/mol. The molecule has 0 unspecified atom stereocenters. The Hall–Kier alpha value is -1.83. The van der Waals surface area contributed by atoms with Crippen LogP contribution in [0, 0.1) is 0 Å². The lowest BCUT2D eigenvalue weighted by Crippen LogP contribution is -2.05. The number of ketones is 1. The van der Waals surface area contributed by atoms with Crippen molar-refractivity contribution in [3.05, 3.63) is 59.9 Å². The Kier molecular flexibility index (Phi) is 2.45. The number of carbonyl (C=O) groups excluding carboxylic acids is 1. The second-order valence-corrected chi connectivity index (χ2v) is 2.99. The first-order valence-corrected chi connectivity index (χ1v) is 4.46. The van der Waals surface area contributed by atoms with E-state index in [-0.39, 0.29) is 5.78 Å². The van der Waals surface area contributed by atoms with Crippen molar-refractivity contribution in [2.24, 2.45) is 0 Å². The molecule has 2 rings (SSSR count). The van der Waals surface area contributed by atoms with E-state index in [9.17, 15) is 4.79 Å². The fourth-order valence-electron chi connectivity index (χ4n) is 1.31. The van der Waals surface area contributed by atoms with E-state index in [2.05, 4.69) is 0 Å². The first-order valence-electron chi connectivity index (χ1n) is 4.46. The zero-order valence-corrected chi connectivity index (χ0v) is 7.64. The van der Waals surface area contributed by atoms with Crippen LogP contribution in [0.25, 0.3) is 0 Å². The second kappa shape index (κ2) is 3.92. The molecule has 0 aliphatic carbocycles. The highest BCUT2D eigenvalue weighted by atomic mass is 16.5. The summed E-state index contributed by atoms with van der Waals surface area (Å²) in [4.78, 5) is 11.8. The second-order valence-electron chi connectivity index (χ2n) is 2.99. The minimum atomic E-state index is 0.0464. The molecule has 0 saturated carbocycles. The van der Waals surface area contributed by atoms with Crippen molar-refractivity contribution in [3.63, 3.8) is 0 Å². The molecule has 1 aromatic carbocycles. The number of rotatable bonds is 2. The van der Waals surface area contributed by atoms with Crippen LogP contribution in [0.15, 0.2) is 54.3 Å². The molecule has 2 nitrogen and oxygen atoms in total. The molecule has 0 radical (unpaired) electrons. The first-order chi connectivity index (χ1) is 6.88. The van der Waals surface area contributed by atoms with Crippen molar-refractivity contribution >= 4 is 5.78 Å². The minimum absolute atomic E-state index is 0.0464. The molecule has 0 aromatic heterocycles. The number of hydrogen-bond acceptors (Lipinski definition) is 2. The van der Waals surface area contributed by atoms with Crippen molar-refractivity contribution in [2.75, 3.05) is 6.61 Å². The summed E-state index contributed by atoms with van der Waals surface area (Å²) < 4.78 is 4.98. The number of Topliss-reactive ketones (excluding diaryl/α,β-unsaturated/α-hetero) is 1. The first kappa shape index (κ1) is 8.75. The van der Waals surface area contributed by atoms with E-state index in [1.807, 2.05) is 30.3 Å². The van der Waals surface area contributed by atoms with Gasteiger partial charge in [0.15, 0.2) is 5.78 Å². The zero-order chi connectivity index (χ0) is 9.80. The highest BCUT2D eigenvalue weighted by Gasteiger charge is 2.10. The fourth-order valence-corrected chi connectivity index (χ4v) is 1.31. The van der Waals surface area contributed by atoms with Gasteiger partial charge in [-0.25, -0.2) is 0 Å². The smallest absolute Gasteiger partial charge is 0.192 e. The van der Waals surface area contributed by atoms with E-state index < -0.39 is 0 Å². The van der Waals surface area contributed by atoms with Gasteiger partial charge < -0.3 is 4.74 Å². The molecule has 0 N–H and O–H groups in total. The van der Waals surface area contributed by atoms with E-state index in [1.54, 1.807) is 18.4 Å². The molecule has 1 aliphatic heterocycles. The Bertz CT molecular complexity index is 388. The van der Waals surface area contributed by atoms with E-state index in [0.29, 0.717) is 17.7 Å². The molecule has 0 amide bonds. The maximum absolute atomic E-state index is 11.8. The molecule has 0 spiro atoms. The predicted octanol–water partition coefficient (Wildman–Crippen LogP) is 2.34. The van der Waals surface area contributed by atoms with Crippen LogP contribution in [0.5, 0.6) is 0 Å². The third kappa shape index (κ3) is 1.74. The predicted molar refractivity (Wildman–Crippen MR) is 53.9 cm³/mol. The molecule has 0 saturated heterocycles. The van der Waals surface area contributed by atoms with Gasteiger partial charge in [-0.15, -0.1) is 0 Å². The van der Waals surface area contributed by atoms with Gasteiger partial charge in [0.1, 0.15) is 6.61 Å². The molecule has 1 aromatic rings. The molecule has 70 valence electrons. The van der Waals surface area contributed by atoms with Crippen LogP contribution in [0.2, 0.25) is 0 Å². The van der Waals surface area contributed by atoms with Gasteiger partial charge in [-0.3, -0.25) is 4.79 Å². The normalized spacial score (nSPS) is 14.4. The van der Waals surface area contributed by atoms with Crippen LogP contribution in [0.4, 0.5) is 0 Å². The highest BCUT2D eigenvalue weighted by molar-refractivity contribution is 6.10. The summed E-state index contributed by atoms with van der Waals surface area (Å²) in [5.41, 5.74) is 1.41. The monoisotopic (exact) mass is 186 g/mol. The molecule has 2 heteroatoms. The molecule has 14 heavy (non-hydrogen) atoms. The molecule has 0 bridgehead atoms. The maximum Gasteiger partial charge on any atom is 0.192 e. The minimum Gasteiger partial charge on any atom is -0.497 e. The number of benzene rings is 1. The summed E-state index contributed by atoms with van der Waals surface area (Å²) >= 11 is 0. The average molecular weight is 186 g/mol. The van der Waals surface area contributed by atoms with Gasteiger partial charge in [0.2, 0.25) is 0 Å². The van der Waals surface area contributed by atoms with E-state index >= 15 is 0 Å². The van der Waals surface area contributed by atoms with Gasteiger partial charge in [-0.2, -0.15) is 0 Å². The third-order valence-corrected chi connectivity index (χ3v) is 2.04. The van der Waals surface area contributed by atoms with Crippen LogP contribution < -0.4 is 0 Å². The Morgan fingerprint density at radius 3 is 2.64 bits per heavy atom. The average Bonchev–Trinajstić information content (AvgIpc) is 2.30. The SMILES string of the molecule is O=C(C1=CCOC=C1)c1ccccc1. The van der Waals surface area contributed by atoms with Crippen molar-refractivity contribution < 1.29 is 9.53 Å². The number of allylic oxidation sites excluding steroid dienone is 2. The van der Waals surface area contributed by atoms with Gasteiger partial charge in [0, 0.05) is 11.1 Å². The number of hydrogen-bond donors (Lipinski definition) is 0. The van der Waals surface area contributed by atoms with Crippen LogP contribution in [0.1, 0.15) is 10.4 Å².